The smallest absolute Gasteiger partial charge is 0.239 e. The fourth-order valence-corrected chi connectivity index (χ4v) is 2.44. The Hall–Kier alpha value is -1.89. The summed E-state index contributed by atoms with van der Waals surface area (Å²) >= 11 is 0. The average Bonchev–Trinajstić information content (AvgIpc) is 2.92. The maximum absolute atomic E-state index is 12.4. The lowest BCUT2D eigenvalue weighted by Gasteiger charge is -2.28. The number of carbonyl (C=O) groups excluding carboxylic acids is 2. The van der Waals surface area contributed by atoms with Gasteiger partial charge in [0, 0.05) is 33.6 Å². The van der Waals surface area contributed by atoms with Crippen molar-refractivity contribution in [1.82, 2.24) is 25.5 Å². The van der Waals surface area contributed by atoms with Gasteiger partial charge in [-0.05, 0) is 0 Å². The fraction of sp³-hybridized carbons (Fsp3) is 0.615. The Morgan fingerprint density at radius 2 is 2.35 bits per heavy atom. The minimum atomic E-state index is -0.271. The number of carbonyl (C=O) groups is 2. The maximum atomic E-state index is 12.4. The first kappa shape index (κ1) is 14.5. The molecule has 2 rings (SSSR count). The van der Waals surface area contributed by atoms with Crippen molar-refractivity contribution in [2.24, 2.45) is 5.92 Å². The molecule has 2 amide bonds. The largest absolute Gasteiger partial charge is 0.359 e. The van der Waals surface area contributed by atoms with Crippen LogP contribution in [-0.2, 0) is 22.6 Å². The van der Waals surface area contributed by atoms with E-state index in [-0.39, 0.29) is 23.8 Å². The minimum absolute atomic E-state index is 0.00518. The van der Waals surface area contributed by atoms with E-state index in [1.807, 2.05) is 6.92 Å². The molecule has 7 nitrogen and oxygen atoms in total. The van der Waals surface area contributed by atoms with Crippen molar-refractivity contribution >= 4 is 11.8 Å². The first-order chi connectivity index (χ1) is 9.52. The number of aromatic amines is 1. The molecule has 0 fully saturated rings. The predicted molar refractivity (Wildman–Crippen MR) is 73.8 cm³/mol. The summed E-state index contributed by atoms with van der Waals surface area (Å²) in [5.41, 5.74) is 1.98. The first-order valence-electron chi connectivity index (χ1n) is 6.74. The van der Waals surface area contributed by atoms with Crippen molar-refractivity contribution in [2.45, 2.75) is 25.9 Å². The molecule has 110 valence electrons. The zero-order chi connectivity index (χ0) is 14.7. The van der Waals surface area contributed by atoms with Crippen LogP contribution in [0, 0.1) is 5.92 Å². The van der Waals surface area contributed by atoms with Crippen molar-refractivity contribution < 1.29 is 9.59 Å². The molecule has 1 aliphatic rings. The number of hydrogen-bond acceptors (Lipinski definition) is 4. The number of aromatic nitrogens is 2. The Balaban J connectivity index is 1.93. The lowest BCUT2D eigenvalue weighted by molar-refractivity contribution is -0.134. The molecule has 7 heteroatoms. The minimum Gasteiger partial charge on any atom is -0.359 e. The second kappa shape index (κ2) is 6.04. The van der Waals surface area contributed by atoms with Gasteiger partial charge in [-0.2, -0.15) is 0 Å². The van der Waals surface area contributed by atoms with E-state index in [0.29, 0.717) is 19.5 Å². The fourth-order valence-electron chi connectivity index (χ4n) is 2.44. The molecule has 3 N–H and O–H groups in total. The van der Waals surface area contributed by atoms with Crippen LogP contribution in [0.2, 0.25) is 0 Å². The Labute approximate surface area is 118 Å². The highest BCUT2D eigenvalue weighted by Gasteiger charge is 2.29. The van der Waals surface area contributed by atoms with Crippen LogP contribution in [0.15, 0.2) is 6.33 Å². The Morgan fingerprint density at radius 1 is 1.60 bits per heavy atom. The van der Waals surface area contributed by atoms with Crippen molar-refractivity contribution in [3.63, 3.8) is 0 Å². The number of rotatable bonds is 4. The number of imidazole rings is 1. The molecule has 0 aromatic carbocycles. The van der Waals surface area contributed by atoms with Crippen molar-refractivity contribution in [3.8, 4) is 0 Å². The van der Waals surface area contributed by atoms with E-state index in [2.05, 4.69) is 20.6 Å². The van der Waals surface area contributed by atoms with E-state index in [0.717, 1.165) is 11.4 Å². The predicted octanol–water partition coefficient (Wildman–Crippen LogP) is -0.735. The highest BCUT2D eigenvalue weighted by molar-refractivity contribution is 5.83. The van der Waals surface area contributed by atoms with E-state index in [9.17, 15) is 9.59 Å². The number of fused-ring (bicyclic) bond motifs is 1. The van der Waals surface area contributed by atoms with Crippen LogP contribution in [0.1, 0.15) is 18.3 Å². The monoisotopic (exact) mass is 279 g/mol. The summed E-state index contributed by atoms with van der Waals surface area (Å²) in [5, 5.41) is 5.79. The summed E-state index contributed by atoms with van der Waals surface area (Å²) in [6.45, 7) is 2.83. The van der Waals surface area contributed by atoms with Crippen LogP contribution < -0.4 is 10.6 Å². The Kier molecular flexibility index (Phi) is 4.39. The molecule has 1 aromatic heterocycles. The highest BCUT2D eigenvalue weighted by atomic mass is 16.2. The molecule has 0 saturated heterocycles. The molecular weight excluding hydrogens is 258 g/mol. The summed E-state index contributed by atoms with van der Waals surface area (Å²) in [4.78, 5) is 32.7. The van der Waals surface area contributed by atoms with Crippen LogP contribution in [-0.4, -0.2) is 53.4 Å². The normalized spacial score (nSPS) is 19.1. The molecule has 1 aromatic rings. The van der Waals surface area contributed by atoms with Gasteiger partial charge in [-0.15, -0.1) is 0 Å². The molecule has 0 aliphatic carbocycles. The van der Waals surface area contributed by atoms with Gasteiger partial charge in [-0.1, -0.05) is 6.92 Å². The van der Waals surface area contributed by atoms with Gasteiger partial charge in [0.05, 0.1) is 29.7 Å². The van der Waals surface area contributed by atoms with E-state index >= 15 is 0 Å². The van der Waals surface area contributed by atoms with Gasteiger partial charge in [0.15, 0.2) is 0 Å². The summed E-state index contributed by atoms with van der Waals surface area (Å²) in [5.74, 6) is -0.288. The standard InChI is InChI=1S/C13H21N5O2/c1-8(12(19)14-2)6-18(3)13(20)10-4-9-11(5-15-10)17-7-16-9/h7-8,10,15H,4-6H2,1-3H3,(H,14,19)(H,16,17). The van der Waals surface area contributed by atoms with Crippen molar-refractivity contribution in [3.05, 3.63) is 17.7 Å². The van der Waals surface area contributed by atoms with Crippen LogP contribution in [0.4, 0.5) is 0 Å². The number of likely N-dealkylation sites (N-methyl/N-ethyl adjacent to an activating group) is 1. The highest BCUT2D eigenvalue weighted by Crippen LogP contribution is 2.14. The first-order valence-corrected chi connectivity index (χ1v) is 6.74. The third kappa shape index (κ3) is 2.98. The molecule has 0 radical (unpaired) electrons. The molecule has 2 unspecified atom stereocenters. The summed E-state index contributed by atoms with van der Waals surface area (Å²) in [6, 6.07) is -0.271. The van der Waals surface area contributed by atoms with Gasteiger partial charge in [-0.25, -0.2) is 4.98 Å². The Morgan fingerprint density at radius 3 is 3.05 bits per heavy atom. The number of hydrogen-bond donors (Lipinski definition) is 3. The third-order valence-electron chi connectivity index (χ3n) is 3.65. The number of nitrogens with one attached hydrogen (secondary N) is 3. The van der Waals surface area contributed by atoms with Gasteiger partial charge in [0.2, 0.25) is 11.8 Å². The lowest BCUT2D eigenvalue weighted by Crippen LogP contribution is -2.50. The van der Waals surface area contributed by atoms with Crippen LogP contribution in [0.25, 0.3) is 0 Å². The number of amides is 2. The quantitative estimate of drug-likeness (QED) is 0.677. The van der Waals surface area contributed by atoms with Gasteiger partial charge >= 0.3 is 0 Å². The van der Waals surface area contributed by atoms with Crippen molar-refractivity contribution in [2.75, 3.05) is 20.6 Å². The summed E-state index contributed by atoms with van der Waals surface area (Å²) in [7, 11) is 3.33. The number of nitrogens with zero attached hydrogens (tertiary/aromatic N) is 2. The molecule has 1 aliphatic heterocycles. The molecule has 2 atom stereocenters. The molecule has 20 heavy (non-hydrogen) atoms. The molecule has 0 saturated carbocycles. The Bertz CT molecular complexity index is 499. The SMILES string of the molecule is CNC(=O)C(C)CN(C)C(=O)C1Cc2nc[nH]c2CN1. The molecule has 0 spiro atoms. The second-order valence-electron chi connectivity index (χ2n) is 5.20. The third-order valence-corrected chi connectivity index (χ3v) is 3.65. The van der Waals surface area contributed by atoms with E-state index in [4.69, 9.17) is 0 Å². The van der Waals surface area contributed by atoms with Gasteiger partial charge < -0.3 is 15.2 Å². The van der Waals surface area contributed by atoms with E-state index in [1.165, 1.54) is 0 Å². The summed E-state index contributed by atoms with van der Waals surface area (Å²) < 4.78 is 0. The van der Waals surface area contributed by atoms with Crippen LogP contribution in [0.5, 0.6) is 0 Å². The van der Waals surface area contributed by atoms with Gasteiger partial charge in [-0.3, -0.25) is 14.9 Å². The maximum Gasteiger partial charge on any atom is 0.239 e. The molecule has 2 heterocycles. The molecule has 0 bridgehead atoms. The van der Waals surface area contributed by atoms with E-state index < -0.39 is 0 Å². The van der Waals surface area contributed by atoms with E-state index in [1.54, 1.807) is 25.3 Å². The lowest BCUT2D eigenvalue weighted by atomic mass is 10.0. The van der Waals surface area contributed by atoms with Crippen molar-refractivity contribution in [1.29, 1.82) is 0 Å². The topological polar surface area (TPSA) is 90.1 Å². The summed E-state index contributed by atoms with van der Waals surface area (Å²) in [6.07, 6.45) is 2.23. The van der Waals surface area contributed by atoms with Gasteiger partial charge in [0.25, 0.3) is 0 Å². The molecular formula is C13H21N5O2. The second-order valence-corrected chi connectivity index (χ2v) is 5.20. The van der Waals surface area contributed by atoms with Crippen LogP contribution >= 0.6 is 0 Å². The number of H-pyrrole nitrogens is 1. The zero-order valence-corrected chi connectivity index (χ0v) is 12.1. The van der Waals surface area contributed by atoms with Crippen LogP contribution in [0.3, 0.4) is 0 Å². The average molecular weight is 279 g/mol. The van der Waals surface area contributed by atoms with Gasteiger partial charge in [0.1, 0.15) is 0 Å². The zero-order valence-electron chi connectivity index (χ0n) is 12.1.